The van der Waals surface area contributed by atoms with Gasteiger partial charge >= 0.3 is 5.97 Å². The normalized spacial score (nSPS) is 18.9. The Bertz CT molecular complexity index is 461. The Hall–Kier alpha value is -1.58. The van der Waals surface area contributed by atoms with Crippen LogP contribution in [0.4, 0.5) is 0 Å². The van der Waals surface area contributed by atoms with Crippen LogP contribution in [0.5, 0.6) is 0 Å². The molecule has 1 heterocycles. The standard InChI is InChI=1S/C11H13NO3/c1-2-6-3-4-7-5-8(11(14)15)10(13)12-9(6)7/h5-6H,2-4H2,1H3,(H,12,13)(H,14,15). The van der Waals surface area contributed by atoms with Crippen molar-refractivity contribution in [3.05, 3.63) is 33.2 Å². The van der Waals surface area contributed by atoms with Crippen LogP contribution in [0.3, 0.4) is 0 Å². The molecule has 0 saturated heterocycles. The van der Waals surface area contributed by atoms with Crippen molar-refractivity contribution in [3.63, 3.8) is 0 Å². The molecule has 0 radical (unpaired) electrons. The summed E-state index contributed by atoms with van der Waals surface area (Å²) in [5.41, 5.74) is 1.29. The third-order valence-electron chi connectivity index (χ3n) is 3.05. The molecule has 0 aromatic carbocycles. The van der Waals surface area contributed by atoms with Gasteiger partial charge in [0.05, 0.1) is 0 Å². The van der Waals surface area contributed by atoms with E-state index in [0.717, 1.165) is 30.5 Å². The van der Waals surface area contributed by atoms with Crippen molar-refractivity contribution >= 4 is 5.97 Å². The summed E-state index contributed by atoms with van der Waals surface area (Å²) in [5, 5.41) is 8.80. The van der Waals surface area contributed by atoms with Crippen LogP contribution in [-0.2, 0) is 6.42 Å². The summed E-state index contributed by atoms with van der Waals surface area (Å²) < 4.78 is 0. The minimum absolute atomic E-state index is 0.148. The summed E-state index contributed by atoms with van der Waals surface area (Å²) >= 11 is 0. The second kappa shape index (κ2) is 3.53. The molecule has 2 N–H and O–H groups in total. The van der Waals surface area contributed by atoms with Crippen LogP contribution in [-0.4, -0.2) is 16.1 Å². The minimum atomic E-state index is -1.15. The largest absolute Gasteiger partial charge is 0.477 e. The van der Waals surface area contributed by atoms with Crippen molar-refractivity contribution in [2.24, 2.45) is 0 Å². The summed E-state index contributed by atoms with van der Waals surface area (Å²) in [5.74, 6) is -0.769. The van der Waals surface area contributed by atoms with E-state index >= 15 is 0 Å². The highest BCUT2D eigenvalue weighted by Crippen LogP contribution is 2.32. The van der Waals surface area contributed by atoms with Gasteiger partial charge in [0.25, 0.3) is 5.56 Å². The van der Waals surface area contributed by atoms with Gasteiger partial charge < -0.3 is 10.1 Å². The number of fused-ring (bicyclic) bond motifs is 1. The monoisotopic (exact) mass is 207 g/mol. The average molecular weight is 207 g/mol. The van der Waals surface area contributed by atoms with E-state index in [1.54, 1.807) is 0 Å². The average Bonchev–Trinajstić information content (AvgIpc) is 2.58. The van der Waals surface area contributed by atoms with E-state index in [4.69, 9.17) is 5.11 Å². The van der Waals surface area contributed by atoms with Crippen molar-refractivity contribution in [1.82, 2.24) is 4.98 Å². The van der Waals surface area contributed by atoms with E-state index in [9.17, 15) is 9.59 Å². The number of aryl methyl sites for hydroxylation is 1. The molecule has 2 rings (SSSR count). The number of carbonyl (C=O) groups is 1. The molecule has 0 spiro atoms. The van der Waals surface area contributed by atoms with Gasteiger partial charge in [-0.2, -0.15) is 0 Å². The fraction of sp³-hybridized carbons (Fsp3) is 0.455. The molecule has 4 nitrogen and oxygen atoms in total. The molecule has 0 amide bonds. The molecule has 4 heteroatoms. The van der Waals surface area contributed by atoms with Crippen LogP contribution < -0.4 is 5.56 Å². The number of nitrogens with one attached hydrogen (secondary N) is 1. The van der Waals surface area contributed by atoms with Gasteiger partial charge in [0.15, 0.2) is 0 Å². The van der Waals surface area contributed by atoms with E-state index in [-0.39, 0.29) is 5.56 Å². The molecule has 0 aliphatic heterocycles. The summed E-state index contributed by atoms with van der Waals surface area (Å²) in [7, 11) is 0. The smallest absolute Gasteiger partial charge is 0.341 e. The fourth-order valence-corrected chi connectivity index (χ4v) is 2.20. The lowest BCUT2D eigenvalue weighted by Crippen LogP contribution is -2.19. The molecule has 1 aromatic rings. The summed E-state index contributed by atoms with van der Waals surface area (Å²) in [6, 6.07) is 1.52. The van der Waals surface area contributed by atoms with Crippen LogP contribution in [0.15, 0.2) is 10.9 Å². The minimum Gasteiger partial charge on any atom is -0.477 e. The van der Waals surface area contributed by atoms with E-state index in [1.165, 1.54) is 6.07 Å². The number of rotatable bonds is 2. The predicted octanol–water partition coefficient (Wildman–Crippen LogP) is 1.51. The highest BCUT2D eigenvalue weighted by atomic mass is 16.4. The molecular formula is C11H13NO3. The van der Waals surface area contributed by atoms with Crippen LogP contribution in [0.25, 0.3) is 0 Å². The maximum Gasteiger partial charge on any atom is 0.341 e. The molecule has 1 atom stereocenters. The zero-order valence-electron chi connectivity index (χ0n) is 8.54. The van der Waals surface area contributed by atoms with Gasteiger partial charge in [-0.05, 0) is 36.8 Å². The molecule has 1 unspecified atom stereocenters. The molecule has 15 heavy (non-hydrogen) atoms. The SMILES string of the molecule is CCC1CCc2cc(C(=O)O)c(=O)[nH]c21. The van der Waals surface area contributed by atoms with Crippen molar-refractivity contribution in [2.45, 2.75) is 32.1 Å². The lowest BCUT2D eigenvalue weighted by molar-refractivity contribution is 0.0695. The predicted molar refractivity (Wildman–Crippen MR) is 55.4 cm³/mol. The highest BCUT2D eigenvalue weighted by Gasteiger charge is 2.24. The van der Waals surface area contributed by atoms with Crippen molar-refractivity contribution in [3.8, 4) is 0 Å². The number of hydrogen-bond donors (Lipinski definition) is 2. The van der Waals surface area contributed by atoms with Gasteiger partial charge in [-0.1, -0.05) is 6.92 Å². The number of aromatic amines is 1. The molecule has 1 aliphatic rings. The Morgan fingerprint density at radius 1 is 1.67 bits per heavy atom. The first-order valence-corrected chi connectivity index (χ1v) is 5.13. The quantitative estimate of drug-likeness (QED) is 0.772. The third kappa shape index (κ3) is 1.56. The molecule has 80 valence electrons. The Kier molecular flexibility index (Phi) is 2.34. The van der Waals surface area contributed by atoms with Crippen LogP contribution in [0.1, 0.15) is 47.3 Å². The topological polar surface area (TPSA) is 70.2 Å². The first-order chi connectivity index (χ1) is 7.13. The molecular weight excluding hydrogens is 194 g/mol. The van der Waals surface area contributed by atoms with Gasteiger partial charge in [-0.25, -0.2) is 4.79 Å². The maximum absolute atomic E-state index is 11.4. The third-order valence-corrected chi connectivity index (χ3v) is 3.05. The summed E-state index contributed by atoms with van der Waals surface area (Å²) in [6.45, 7) is 2.07. The number of carboxylic acid groups (broad SMARTS) is 1. The first kappa shape index (κ1) is 9.96. The van der Waals surface area contributed by atoms with Crippen LogP contribution in [0.2, 0.25) is 0 Å². The molecule has 0 saturated carbocycles. The zero-order chi connectivity index (χ0) is 11.0. The maximum atomic E-state index is 11.4. The molecule has 0 fully saturated rings. The zero-order valence-corrected chi connectivity index (χ0v) is 8.54. The number of H-pyrrole nitrogens is 1. The van der Waals surface area contributed by atoms with Crippen molar-refractivity contribution in [1.29, 1.82) is 0 Å². The summed E-state index contributed by atoms with van der Waals surface area (Å²) in [4.78, 5) is 24.9. The van der Waals surface area contributed by atoms with Crippen molar-refractivity contribution < 1.29 is 9.90 Å². The fourth-order valence-electron chi connectivity index (χ4n) is 2.20. The lowest BCUT2D eigenvalue weighted by atomic mass is 10.0. The van der Waals surface area contributed by atoms with E-state index in [1.807, 2.05) is 0 Å². The van der Waals surface area contributed by atoms with E-state index in [0.29, 0.717) is 5.92 Å². The number of aromatic carboxylic acids is 1. The number of aromatic nitrogens is 1. The molecule has 0 bridgehead atoms. The Morgan fingerprint density at radius 3 is 3.00 bits per heavy atom. The van der Waals surface area contributed by atoms with Gasteiger partial charge in [-0.3, -0.25) is 4.79 Å². The summed E-state index contributed by atoms with van der Waals surface area (Å²) in [6.07, 6.45) is 2.85. The Balaban J connectivity index is 2.54. The number of carboxylic acids is 1. The molecule has 1 aromatic heterocycles. The van der Waals surface area contributed by atoms with Gasteiger partial charge in [0.2, 0.25) is 0 Å². The highest BCUT2D eigenvalue weighted by molar-refractivity contribution is 5.87. The van der Waals surface area contributed by atoms with Crippen LogP contribution >= 0.6 is 0 Å². The lowest BCUT2D eigenvalue weighted by Gasteiger charge is -2.07. The second-order valence-electron chi connectivity index (χ2n) is 3.90. The van der Waals surface area contributed by atoms with E-state index in [2.05, 4.69) is 11.9 Å². The Morgan fingerprint density at radius 2 is 2.40 bits per heavy atom. The molecule has 1 aliphatic carbocycles. The number of pyridine rings is 1. The van der Waals surface area contributed by atoms with Gasteiger partial charge in [0, 0.05) is 5.69 Å². The van der Waals surface area contributed by atoms with Crippen LogP contribution in [0, 0.1) is 0 Å². The van der Waals surface area contributed by atoms with Gasteiger partial charge in [0.1, 0.15) is 5.56 Å². The number of hydrogen-bond acceptors (Lipinski definition) is 2. The Labute approximate surface area is 87.0 Å². The second-order valence-corrected chi connectivity index (χ2v) is 3.90. The van der Waals surface area contributed by atoms with Gasteiger partial charge in [-0.15, -0.1) is 0 Å². The first-order valence-electron chi connectivity index (χ1n) is 5.13. The van der Waals surface area contributed by atoms with E-state index < -0.39 is 11.5 Å². The van der Waals surface area contributed by atoms with Crippen molar-refractivity contribution in [2.75, 3.05) is 0 Å².